The highest BCUT2D eigenvalue weighted by Gasteiger charge is 2.04. The van der Waals surface area contributed by atoms with Crippen molar-refractivity contribution < 1.29 is 4.74 Å². The third kappa shape index (κ3) is 2.93. The van der Waals surface area contributed by atoms with E-state index in [4.69, 9.17) is 22.1 Å². The summed E-state index contributed by atoms with van der Waals surface area (Å²) in [7, 11) is 0. The van der Waals surface area contributed by atoms with Crippen molar-refractivity contribution in [3.05, 3.63) is 52.3 Å². The van der Waals surface area contributed by atoms with Gasteiger partial charge in [-0.25, -0.2) is 0 Å². The van der Waals surface area contributed by atoms with E-state index in [-0.39, 0.29) is 0 Å². The van der Waals surface area contributed by atoms with Gasteiger partial charge in [-0.05, 0) is 49.2 Å². The lowest BCUT2D eigenvalue weighted by atomic mass is 10.1. The van der Waals surface area contributed by atoms with E-state index >= 15 is 0 Å². The monoisotopic (exact) mass is 262 g/mol. The molecule has 0 fully saturated rings. The number of nitrogen functional groups attached to an aromatic ring is 1. The predicted octanol–water partition coefficient (Wildman–Crippen LogP) is 3.51. The first-order valence-electron chi connectivity index (χ1n) is 5.66. The largest absolute Gasteiger partial charge is 0.487 e. The maximum atomic E-state index is 6.10. The van der Waals surface area contributed by atoms with Gasteiger partial charge in [0.05, 0.1) is 5.69 Å². The Hall–Kier alpha value is -1.74. The van der Waals surface area contributed by atoms with Gasteiger partial charge in [0.1, 0.15) is 12.4 Å². The minimum absolute atomic E-state index is 0.394. The summed E-state index contributed by atoms with van der Waals surface area (Å²) in [6.07, 6.45) is 1.67. The zero-order valence-corrected chi connectivity index (χ0v) is 11.2. The number of hydrogen-bond acceptors (Lipinski definition) is 3. The average Bonchev–Trinajstić information content (AvgIpc) is 2.33. The van der Waals surface area contributed by atoms with Crippen molar-refractivity contribution in [3.8, 4) is 5.75 Å². The van der Waals surface area contributed by atoms with Crippen LogP contribution >= 0.6 is 11.6 Å². The van der Waals surface area contributed by atoms with Crippen molar-refractivity contribution >= 4 is 17.3 Å². The van der Waals surface area contributed by atoms with Gasteiger partial charge in [0, 0.05) is 16.9 Å². The number of nitrogens with two attached hydrogens (primary N) is 1. The molecule has 0 amide bonds. The van der Waals surface area contributed by atoms with Crippen LogP contribution < -0.4 is 10.5 Å². The van der Waals surface area contributed by atoms with E-state index in [1.807, 2.05) is 26.0 Å². The van der Waals surface area contributed by atoms with E-state index in [0.717, 1.165) is 27.6 Å². The fraction of sp³-hybridized carbons (Fsp3) is 0.214. The molecule has 0 aliphatic rings. The van der Waals surface area contributed by atoms with Gasteiger partial charge in [0.25, 0.3) is 0 Å². The van der Waals surface area contributed by atoms with Crippen molar-refractivity contribution in [3.63, 3.8) is 0 Å². The second-order valence-corrected chi connectivity index (χ2v) is 4.62. The molecular formula is C14H15ClN2O. The maximum absolute atomic E-state index is 6.10. The number of hydrogen-bond donors (Lipinski definition) is 1. The van der Waals surface area contributed by atoms with E-state index < -0.39 is 0 Å². The highest BCUT2D eigenvalue weighted by Crippen LogP contribution is 2.26. The zero-order valence-electron chi connectivity index (χ0n) is 10.4. The molecule has 1 heterocycles. The Morgan fingerprint density at radius 3 is 2.50 bits per heavy atom. The van der Waals surface area contributed by atoms with Gasteiger partial charge in [-0.3, -0.25) is 4.98 Å². The van der Waals surface area contributed by atoms with Gasteiger partial charge in [0.15, 0.2) is 0 Å². The number of aromatic nitrogens is 1. The smallest absolute Gasteiger partial charge is 0.130 e. The first kappa shape index (κ1) is 12.7. The summed E-state index contributed by atoms with van der Waals surface area (Å²) in [5.74, 6) is 0.790. The molecule has 0 atom stereocenters. The lowest BCUT2D eigenvalue weighted by Crippen LogP contribution is -2.00. The number of pyridine rings is 1. The van der Waals surface area contributed by atoms with Crippen LogP contribution in [-0.2, 0) is 6.61 Å². The lowest BCUT2D eigenvalue weighted by molar-refractivity contribution is 0.301. The van der Waals surface area contributed by atoms with Crippen molar-refractivity contribution in [2.75, 3.05) is 5.73 Å². The van der Waals surface area contributed by atoms with Crippen LogP contribution in [0.5, 0.6) is 5.75 Å². The Kier molecular flexibility index (Phi) is 3.72. The minimum atomic E-state index is 0.394. The molecule has 0 saturated carbocycles. The molecule has 1 aromatic heterocycles. The van der Waals surface area contributed by atoms with Crippen LogP contribution in [0.15, 0.2) is 30.5 Å². The Morgan fingerprint density at radius 1 is 1.22 bits per heavy atom. The molecule has 3 nitrogen and oxygen atoms in total. The number of nitrogens with zero attached hydrogens (tertiary/aromatic N) is 1. The number of halogens is 1. The fourth-order valence-electron chi connectivity index (χ4n) is 1.72. The molecule has 18 heavy (non-hydrogen) atoms. The quantitative estimate of drug-likeness (QED) is 0.921. The summed E-state index contributed by atoms with van der Waals surface area (Å²) in [5, 5.41) is 0.782. The molecule has 2 N–H and O–H groups in total. The fourth-order valence-corrected chi connectivity index (χ4v) is 1.83. The molecule has 0 bridgehead atoms. The van der Waals surface area contributed by atoms with Crippen LogP contribution in [0, 0.1) is 13.8 Å². The molecule has 1 aromatic carbocycles. The van der Waals surface area contributed by atoms with Crippen molar-refractivity contribution in [1.29, 1.82) is 0 Å². The molecule has 0 aliphatic heterocycles. The van der Waals surface area contributed by atoms with Gasteiger partial charge in [-0.15, -0.1) is 0 Å². The van der Waals surface area contributed by atoms with Crippen LogP contribution in [-0.4, -0.2) is 4.98 Å². The lowest BCUT2D eigenvalue weighted by Gasteiger charge is -2.09. The van der Waals surface area contributed by atoms with Crippen molar-refractivity contribution in [2.45, 2.75) is 20.5 Å². The Morgan fingerprint density at radius 2 is 1.89 bits per heavy atom. The number of anilines is 1. The highest BCUT2D eigenvalue weighted by molar-refractivity contribution is 6.32. The number of aryl methyl sites for hydroxylation is 2. The normalized spacial score (nSPS) is 10.4. The van der Waals surface area contributed by atoms with Gasteiger partial charge in [-0.1, -0.05) is 11.6 Å². The Labute approximate surface area is 112 Å². The van der Waals surface area contributed by atoms with Crippen LogP contribution in [0.4, 0.5) is 5.69 Å². The Balaban J connectivity index is 2.11. The third-order valence-electron chi connectivity index (χ3n) is 2.64. The topological polar surface area (TPSA) is 48.1 Å². The average molecular weight is 263 g/mol. The van der Waals surface area contributed by atoms with Crippen LogP contribution in [0.1, 0.15) is 16.8 Å². The molecular weight excluding hydrogens is 248 g/mol. The van der Waals surface area contributed by atoms with Gasteiger partial charge < -0.3 is 10.5 Å². The van der Waals surface area contributed by atoms with Gasteiger partial charge in [-0.2, -0.15) is 0 Å². The third-order valence-corrected chi connectivity index (χ3v) is 3.23. The predicted molar refractivity (Wildman–Crippen MR) is 73.9 cm³/mol. The highest BCUT2D eigenvalue weighted by atomic mass is 35.5. The van der Waals surface area contributed by atoms with Crippen LogP contribution in [0.25, 0.3) is 0 Å². The van der Waals surface area contributed by atoms with E-state index in [1.165, 1.54) is 0 Å². The molecule has 4 heteroatoms. The first-order valence-corrected chi connectivity index (χ1v) is 6.04. The summed E-state index contributed by atoms with van der Waals surface area (Å²) in [5.41, 5.74) is 9.19. The standard InChI is InChI=1S/C14H15ClN2O/c1-9-5-13(6-10(2)14(9)15)18-8-12-7-11(16)3-4-17-12/h3-7H,8H2,1-2H3,(H2,16,17). The number of rotatable bonds is 3. The second-order valence-electron chi connectivity index (χ2n) is 4.24. The summed E-state index contributed by atoms with van der Waals surface area (Å²) < 4.78 is 5.69. The summed E-state index contributed by atoms with van der Waals surface area (Å²) in [4.78, 5) is 4.19. The molecule has 2 aromatic rings. The SMILES string of the molecule is Cc1cc(OCc2cc(N)ccn2)cc(C)c1Cl. The van der Waals surface area contributed by atoms with E-state index in [0.29, 0.717) is 12.3 Å². The van der Waals surface area contributed by atoms with Crippen LogP contribution in [0.2, 0.25) is 5.02 Å². The molecule has 0 aliphatic carbocycles. The maximum Gasteiger partial charge on any atom is 0.130 e. The summed E-state index contributed by atoms with van der Waals surface area (Å²) >= 11 is 6.10. The molecule has 2 rings (SSSR count). The molecule has 0 saturated heterocycles. The van der Waals surface area contributed by atoms with E-state index in [2.05, 4.69) is 4.98 Å². The molecule has 0 unspecified atom stereocenters. The van der Waals surface area contributed by atoms with Gasteiger partial charge >= 0.3 is 0 Å². The molecule has 0 radical (unpaired) electrons. The molecule has 94 valence electrons. The second kappa shape index (κ2) is 5.27. The first-order chi connectivity index (χ1) is 8.56. The van der Waals surface area contributed by atoms with E-state index in [1.54, 1.807) is 18.3 Å². The van der Waals surface area contributed by atoms with Crippen molar-refractivity contribution in [2.24, 2.45) is 0 Å². The molecule has 0 spiro atoms. The van der Waals surface area contributed by atoms with Crippen molar-refractivity contribution in [1.82, 2.24) is 4.98 Å². The summed E-state index contributed by atoms with van der Waals surface area (Å²) in [6, 6.07) is 7.39. The minimum Gasteiger partial charge on any atom is -0.487 e. The van der Waals surface area contributed by atoms with E-state index in [9.17, 15) is 0 Å². The summed E-state index contributed by atoms with van der Waals surface area (Å²) in [6.45, 7) is 4.31. The zero-order chi connectivity index (χ0) is 13.1. The number of benzene rings is 1. The number of ether oxygens (including phenoxy) is 1. The Bertz CT molecular complexity index is 546. The van der Waals surface area contributed by atoms with Gasteiger partial charge in [0.2, 0.25) is 0 Å². The van der Waals surface area contributed by atoms with Crippen LogP contribution in [0.3, 0.4) is 0 Å².